The highest BCUT2D eigenvalue weighted by molar-refractivity contribution is 6.37. The van der Waals surface area contributed by atoms with Crippen molar-refractivity contribution in [3.05, 3.63) is 58.1 Å². The molecule has 0 amide bonds. The van der Waals surface area contributed by atoms with E-state index in [1.807, 2.05) is 43.3 Å². The Balaban J connectivity index is 2.39. The zero-order chi connectivity index (χ0) is 13.8. The van der Waals surface area contributed by atoms with E-state index >= 15 is 0 Å². The molecule has 0 bridgehead atoms. The van der Waals surface area contributed by atoms with Crippen molar-refractivity contribution in [3.63, 3.8) is 0 Å². The zero-order valence-corrected chi connectivity index (χ0v) is 12.1. The van der Waals surface area contributed by atoms with Gasteiger partial charge in [0.2, 0.25) is 0 Å². The molecule has 0 saturated heterocycles. The molecule has 0 radical (unpaired) electrons. The molecule has 100 valence electrons. The zero-order valence-electron chi connectivity index (χ0n) is 10.6. The van der Waals surface area contributed by atoms with E-state index in [2.05, 4.69) is 0 Å². The van der Waals surface area contributed by atoms with Crippen molar-refractivity contribution in [3.8, 4) is 11.5 Å². The molecule has 0 aromatic heterocycles. The summed E-state index contributed by atoms with van der Waals surface area (Å²) in [5, 5.41) is 0.951. The monoisotopic (exact) mass is 295 g/mol. The quantitative estimate of drug-likeness (QED) is 0.842. The Bertz CT molecular complexity index is 558. The normalized spacial score (nSPS) is 12.2. The van der Waals surface area contributed by atoms with Crippen LogP contribution in [0, 0.1) is 0 Å². The molecule has 2 aromatic carbocycles. The van der Waals surface area contributed by atoms with Crippen LogP contribution in [0.15, 0.2) is 42.5 Å². The predicted octanol–water partition coefficient (Wildman–Crippen LogP) is 5.20. The smallest absolute Gasteiger partial charge is 0.164 e. The van der Waals surface area contributed by atoms with Crippen LogP contribution in [0.2, 0.25) is 10.0 Å². The van der Waals surface area contributed by atoms with E-state index < -0.39 is 0 Å². The first kappa shape index (κ1) is 14.2. The second-order valence-corrected chi connectivity index (χ2v) is 4.99. The minimum absolute atomic E-state index is 0.122. The molecule has 2 aromatic rings. The van der Waals surface area contributed by atoms with E-state index in [1.165, 1.54) is 0 Å². The Morgan fingerprint density at radius 3 is 2.42 bits per heavy atom. The van der Waals surface area contributed by atoms with E-state index in [0.29, 0.717) is 21.5 Å². The molecule has 0 aliphatic rings. The molecule has 2 rings (SSSR count). The van der Waals surface area contributed by atoms with Gasteiger partial charge in [-0.15, -0.1) is 0 Å². The molecule has 0 aliphatic carbocycles. The van der Waals surface area contributed by atoms with Crippen LogP contribution in [0.4, 0.5) is 0 Å². The first-order valence-electron chi connectivity index (χ1n) is 6.09. The lowest BCUT2D eigenvalue weighted by Crippen LogP contribution is -2.09. The van der Waals surface area contributed by atoms with Crippen molar-refractivity contribution < 1.29 is 4.74 Å². The maximum atomic E-state index is 6.35. The maximum absolute atomic E-state index is 6.35. The Morgan fingerprint density at radius 1 is 1.11 bits per heavy atom. The number of benzene rings is 2. The van der Waals surface area contributed by atoms with E-state index in [0.717, 1.165) is 12.0 Å². The third-order valence-electron chi connectivity index (χ3n) is 2.88. The summed E-state index contributed by atoms with van der Waals surface area (Å²) in [6, 6.07) is 12.9. The third-order valence-corrected chi connectivity index (χ3v) is 3.57. The minimum Gasteiger partial charge on any atom is -0.454 e. The Hall–Kier alpha value is -1.22. The maximum Gasteiger partial charge on any atom is 0.164 e. The van der Waals surface area contributed by atoms with Gasteiger partial charge in [0.15, 0.2) is 5.75 Å². The fraction of sp³-hybridized carbons (Fsp3) is 0.200. The fourth-order valence-electron chi connectivity index (χ4n) is 1.75. The van der Waals surface area contributed by atoms with Crippen LogP contribution in [0.1, 0.15) is 24.9 Å². The molecule has 0 heterocycles. The molecule has 1 atom stereocenters. The van der Waals surface area contributed by atoms with Crippen LogP contribution in [0.25, 0.3) is 0 Å². The summed E-state index contributed by atoms with van der Waals surface area (Å²) in [4.78, 5) is 0. The molecule has 2 N–H and O–H groups in total. The van der Waals surface area contributed by atoms with Crippen molar-refractivity contribution >= 4 is 23.2 Å². The highest BCUT2D eigenvalue weighted by Gasteiger charge is 2.16. The summed E-state index contributed by atoms with van der Waals surface area (Å²) in [5.74, 6) is 1.14. The molecule has 4 heteroatoms. The van der Waals surface area contributed by atoms with Gasteiger partial charge < -0.3 is 10.5 Å². The Labute approximate surface area is 123 Å². The number of halogens is 2. The number of rotatable bonds is 4. The number of hydrogen-bond acceptors (Lipinski definition) is 2. The standard InChI is InChI=1S/C15H15Cl2NO/c1-2-13(18)11-8-9-12(16)15(14(11)17)19-10-6-4-3-5-7-10/h3-9,13H,2,18H2,1H3/t13-/m0/s1. The molecule has 19 heavy (non-hydrogen) atoms. The van der Waals surface area contributed by atoms with E-state index in [1.54, 1.807) is 6.07 Å². The summed E-state index contributed by atoms with van der Waals surface area (Å²) in [5.41, 5.74) is 6.87. The molecule has 0 aliphatic heterocycles. The van der Waals surface area contributed by atoms with Gasteiger partial charge in [-0.25, -0.2) is 0 Å². The fourth-order valence-corrected chi connectivity index (χ4v) is 2.34. The van der Waals surface area contributed by atoms with Crippen LogP contribution in [-0.4, -0.2) is 0 Å². The largest absolute Gasteiger partial charge is 0.454 e. The average Bonchev–Trinajstić information content (AvgIpc) is 2.44. The Kier molecular flexibility index (Phi) is 4.70. The van der Waals surface area contributed by atoms with Gasteiger partial charge in [0.1, 0.15) is 5.75 Å². The summed E-state index contributed by atoms with van der Waals surface area (Å²) in [7, 11) is 0. The molecular weight excluding hydrogens is 281 g/mol. The molecular formula is C15H15Cl2NO. The van der Waals surface area contributed by atoms with Crippen LogP contribution in [0.5, 0.6) is 11.5 Å². The van der Waals surface area contributed by atoms with E-state index in [9.17, 15) is 0 Å². The lowest BCUT2D eigenvalue weighted by molar-refractivity contribution is 0.481. The highest BCUT2D eigenvalue weighted by Crippen LogP contribution is 2.40. The highest BCUT2D eigenvalue weighted by atomic mass is 35.5. The first-order chi connectivity index (χ1) is 9.13. The van der Waals surface area contributed by atoms with Gasteiger partial charge >= 0.3 is 0 Å². The molecule has 0 fully saturated rings. The van der Waals surface area contributed by atoms with Gasteiger partial charge in [0, 0.05) is 6.04 Å². The van der Waals surface area contributed by atoms with Crippen molar-refractivity contribution in [2.45, 2.75) is 19.4 Å². The van der Waals surface area contributed by atoms with Gasteiger partial charge in [-0.05, 0) is 30.2 Å². The lowest BCUT2D eigenvalue weighted by atomic mass is 10.1. The summed E-state index contributed by atoms with van der Waals surface area (Å²) in [6.45, 7) is 2.01. The number of hydrogen-bond donors (Lipinski definition) is 1. The van der Waals surface area contributed by atoms with E-state index in [4.69, 9.17) is 33.7 Å². The second kappa shape index (κ2) is 6.29. The van der Waals surface area contributed by atoms with Gasteiger partial charge in [0.25, 0.3) is 0 Å². The molecule has 2 nitrogen and oxygen atoms in total. The van der Waals surface area contributed by atoms with Gasteiger partial charge in [0.05, 0.1) is 10.0 Å². The van der Waals surface area contributed by atoms with Gasteiger partial charge in [-0.1, -0.05) is 54.4 Å². The average molecular weight is 296 g/mol. The van der Waals surface area contributed by atoms with Crippen molar-refractivity contribution in [1.82, 2.24) is 0 Å². The number of nitrogens with two attached hydrogens (primary N) is 1. The second-order valence-electron chi connectivity index (χ2n) is 4.21. The Morgan fingerprint density at radius 2 is 1.79 bits per heavy atom. The van der Waals surface area contributed by atoms with Crippen molar-refractivity contribution in [2.24, 2.45) is 5.73 Å². The van der Waals surface area contributed by atoms with Crippen molar-refractivity contribution in [2.75, 3.05) is 0 Å². The van der Waals surface area contributed by atoms with Crippen LogP contribution in [-0.2, 0) is 0 Å². The van der Waals surface area contributed by atoms with Crippen LogP contribution < -0.4 is 10.5 Å². The first-order valence-corrected chi connectivity index (χ1v) is 6.85. The topological polar surface area (TPSA) is 35.2 Å². The summed E-state index contributed by atoms with van der Waals surface area (Å²) < 4.78 is 5.76. The number of ether oxygens (including phenoxy) is 1. The van der Waals surface area contributed by atoms with Crippen LogP contribution >= 0.6 is 23.2 Å². The summed E-state index contributed by atoms with van der Waals surface area (Å²) in [6.07, 6.45) is 0.798. The molecule has 0 unspecified atom stereocenters. The van der Waals surface area contributed by atoms with E-state index in [-0.39, 0.29) is 6.04 Å². The van der Waals surface area contributed by atoms with Crippen molar-refractivity contribution in [1.29, 1.82) is 0 Å². The molecule has 0 spiro atoms. The third kappa shape index (κ3) is 3.21. The van der Waals surface area contributed by atoms with Crippen LogP contribution in [0.3, 0.4) is 0 Å². The van der Waals surface area contributed by atoms with Gasteiger partial charge in [-0.3, -0.25) is 0 Å². The number of para-hydroxylation sites is 1. The molecule has 0 saturated carbocycles. The SMILES string of the molecule is CC[C@H](N)c1ccc(Cl)c(Oc2ccccc2)c1Cl. The predicted molar refractivity (Wildman–Crippen MR) is 80.2 cm³/mol. The summed E-state index contributed by atoms with van der Waals surface area (Å²) >= 11 is 12.5. The lowest BCUT2D eigenvalue weighted by Gasteiger charge is -2.16. The minimum atomic E-state index is -0.122. The van der Waals surface area contributed by atoms with Gasteiger partial charge in [-0.2, -0.15) is 0 Å².